The SMILES string of the molecule is CCCCCCCCCCC1(O)CCC2(CCCC2)CC1. The van der Waals surface area contributed by atoms with Gasteiger partial charge in [0.25, 0.3) is 0 Å². The summed E-state index contributed by atoms with van der Waals surface area (Å²) in [5.74, 6) is 0. The van der Waals surface area contributed by atoms with Gasteiger partial charge in [0.1, 0.15) is 0 Å². The molecule has 1 heteroatoms. The first-order chi connectivity index (χ1) is 10.2. The highest BCUT2D eigenvalue weighted by Crippen LogP contribution is 2.52. The number of hydrogen-bond donors (Lipinski definition) is 1. The van der Waals surface area contributed by atoms with Crippen molar-refractivity contribution in [2.24, 2.45) is 5.41 Å². The molecule has 0 heterocycles. The van der Waals surface area contributed by atoms with Gasteiger partial charge >= 0.3 is 0 Å². The maximum Gasteiger partial charge on any atom is 0.0648 e. The second-order valence-electron chi connectivity index (χ2n) is 8.16. The van der Waals surface area contributed by atoms with Crippen molar-refractivity contribution in [3.05, 3.63) is 0 Å². The van der Waals surface area contributed by atoms with E-state index in [9.17, 15) is 5.11 Å². The highest BCUT2D eigenvalue weighted by atomic mass is 16.3. The summed E-state index contributed by atoms with van der Waals surface area (Å²) in [5.41, 5.74) is 0.363. The van der Waals surface area contributed by atoms with Crippen LogP contribution in [0, 0.1) is 5.41 Å². The van der Waals surface area contributed by atoms with Crippen LogP contribution in [-0.2, 0) is 0 Å². The second-order valence-corrected chi connectivity index (χ2v) is 8.16. The van der Waals surface area contributed by atoms with Gasteiger partial charge < -0.3 is 5.11 Å². The largest absolute Gasteiger partial charge is 0.390 e. The third-order valence-corrected chi connectivity index (χ3v) is 6.40. The van der Waals surface area contributed by atoms with E-state index in [1.165, 1.54) is 89.9 Å². The third-order valence-electron chi connectivity index (χ3n) is 6.40. The van der Waals surface area contributed by atoms with Crippen LogP contribution < -0.4 is 0 Å². The van der Waals surface area contributed by atoms with Crippen LogP contribution in [0.25, 0.3) is 0 Å². The Balaban J connectivity index is 1.52. The van der Waals surface area contributed by atoms with Crippen molar-refractivity contribution in [3.8, 4) is 0 Å². The van der Waals surface area contributed by atoms with Crippen LogP contribution in [0.15, 0.2) is 0 Å². The molecule has 0 radical (unpaired) electrons. The summed E-state index contributed by atoms with van der Waals surface area (Å²) in [7, 11) is 0. The van der Waals surface area contributed by atoms with E-state index in [2.05, 4.69) is 6.92 Å². The van der Waals surface area contributed by atoms with Gasteiger partial charge in [-0.2, -0.15) is 0 Å². The molecule has 1 nitrogen and oxygen atoms in total. The molecule has 2 rings (SSSR count). The van der Waals surface area contributed by atoms with Crippen molar-refractivity contribution < 1.29 is 5.11 Å². The fourth-order valence-electron chi connectivity index (χ4n) is 4.71. The van der Waals surface area contributed by atoms with Crippen LogP contribution in [-0.4, -0.2) is 10.7 Å². The summed E-state index contributed by atoms with van der Waals surface area (Å²) in [5, 5.41) is 10.8. The van der Waals surface area contributed by atoms with Gasteiger partial charge in [0.15, 0.2) is 0 Å². The molecule has 0 aliphatic heterocycles. The fourth-order valence-corrected chi connectivity index (χ4v) is 4.71. The van der Waals surface area contributed by atoms with Gasteiger partial charge in [-0.1, -0.05) is 71.1 Å². The molecule has 2 saturated carbocycles. The molecular weight excluding hydrogens is 256 g/mol. The molecule has 0 atom stereocenters. The standard InChI is InChI=1S/C20H38O/c1-2-3-4-5-6-7-8-9-14-20(21)17-15-19(16-18-20)12-10-11-13-19/h21H,2-18H2,1H3. The van der Waals surface area contributed by atoms with Crippen LogP contribution in [0.4, 0.5) is 0 Å². The lowest BCUT2D eigenvalue weighted by atomic mass is 9.66. The maximum absolute atomic E-state index is 10.8. The highest BCUT2D eigenvalue weighted by Gasteiger charge is 2.42. The zero-order valence-corrected chi connectivity index (χ0v) is 14.5. The van der Waals surface area contributed by atoms with E-state index in [-0.39, 0.29) is 5.60 Å². The molecule has 0 bridgehead atoms. The Bertz CT molecular complexity index is 268. The van der Waals surface area contributed by atoms with Crippen LogP contribution >= 0.6 is 0 Å². The van der Waals surface area contributed by atoms with Gasteiger partial charge in [0.05, 0.1) is 5.60 Å². The lowest BCUT2D eigenvalue weighted by molar-refractivity contribution is -0.0403. The Labute approximate surface area is 132 Å². The van der Waals surface area contributed by atoms with Crippen molar-refractivity contribution >= 4 is 0 Å². The Hall–Kier alpha value is -0.0400. The van der Waals surface area contributed by atoms with Crippen molar-refractivity contribution in [1.82, 2.24) is 0 Å². The first-order valence-corrected chi connectivity index (χ1v) is 9.91. The van der Waals surface area contributed by atoms with E-state index < -0.39 is 0 Å². The summed E-state index contributed by atoms with van der Waals surface area (Å²) in [6, 6.07) is 0. The smallest absolute Gasteiger partial charge is 0.0648 e. The quantitative estimate of drug-likeness (QED) is 0.489. The molecule has 0 aromatic carbocycles. The zero-order valence-electron chi connectivity index (χ0n) is 14.5. The number of unbranched alkanes of at least 4 members (excludes halogenated alkanes) is 7. The minimum Gasteiger partial charge on any atom is -0.390 e. The van der Waals surface area contributed by atoms with Gasteiger partial charge in [-0.15, -0.1) is 0 Å². The molecule has 0 unspecified atom stereocenters. The molecule has 2 aliphatic rings. The highest BCUT2D eigenvalue weighted by molar-refractivity contribution is 4.95. The maximum atomic E-state index is 10.8. The fraction of sp³-hybridized carbons (Fsp3) is 1.00. The number of aliphatic hydroxyl groups is 1. The Morgan fingerprint density at radius 2 is 1.19 bits per heavy atom. The molecule has 1 spiro atoms. The van der Waals surface area contributed by atoms with Crippen molar-refractivity contribution in [3.63, 3.8) is 0 Å². The lowest BCUT2D eigenvalue weighted by Gasteiger charge is -2.42. The molecule has 0 saturated heterocycles. The van der Waals surface area contributed by atoms with E-state index in [0.717, 1.165) is 19.3 Å². The summed E-state index contributed by atoms with van der Waals surface area (Å²) in [6.07, 6.45) is 22.6. The third kappa shape index (κ3) is 5.58. The molecule has 124 valence electrons. The molecule has 1 N–H and O–H groups in total. The van der Waals surface area contributed by atoms with Gasteiger partial charge in [0, 0.05) is 0 Å². The van der Waals surface area contributed by atoms with Crippen LogP contribution in [0.5, 0.6) is 0 Å². The van der Waals surface area contributed by atoms with Gasteiger partial charge in [-0.05, 0) is 50.4 Å². The van der Waals surface area contributed by atoms with E-state index in [4.69, 9.17) is 0 Å². The minimum absolute atomic E-state index is 0.296. The van der Waals surface area contributed by atoms with Crippen molar-refractivity contribution in [1.29, 1.82) is 0 Å². The molecular formula is C20H38O. The molecule has 0 aromatic heterocycles. The normalized spacial score (nSPS) is 23.7. The van der Waals surface area contributed by atoms with Crippen LogP contribution in [0.1, 0.15) is 116 Å². The zero-order chi connectivity index (χ0) is 15.0. The summed E-state index contributed by atoms with van der Waals surface area (Å²) < 4.78 is 0. The predicted molar refractivity (Wildman–Crippen MR) is 91.5 cm³/mol. The molecule has 2 aliphatic carbocycles. The van der Waals surface area contributed by atoms with Gasteiger partial charge in [0.2, 0.25) is 0 Å². The summed E-state index contributed by atoms with van der Waals surface area (Å²) >= 11 is 0. The average Bonchev–Trinajstić information content (AvgIpc) is 2.95. The first kappa shape index (κ1) is 17.3. The molecule has 0 aromatic rings. The van der Waals surface area contributed by atoms with E-state index >= 15 is 0 Å². The molecule has 0 amide bonds. The predicted octanol–water partition coefficient (Wildman–Crippen LogP) is 6.38. The van der Waals surface area contributed by atoms with Crippen molar-refractivity contribution in [2.45, 2.75) is 122 Å². The van der Waals surface area contributed by atoms with Crippen LogP contribution in [0.3, 0.4) is 0 Å². The monoisotopic (exact) mass is 294 g/mol. The van der Waals surface area contributed by atoms with E-state index in [1.54, 1.807) is 0 Å². The number of rotatable bonds is 9. The Morgan fingerprint density at radius 1 is 0.667 bits per heavy atom. The summed E-state index contributed by atoms with van der Waals surface area (Å²) in [4.78, 5) is 0. The number of hydrogen-bond acceptors (Lipinski definition) is 1. The van der Waals surface area contributed by atoms with Gasteiger partial charge in [-0.25, -0.2) is 0 Å². The Morgan fingerprint density at radius 3 is 1.76 bits per heavy atom. The van der Waals surface area contributed by atoms with E-state index in [0.29, 0.717) is 5.41 Å². The Kier molecular flexibility index (Phi) is 7.05. The average molecular weight is 295 g/mol. The van der Waals surface area contributed by atoms with Gasteiger partial charge in [-0.3, -0.25) is 0 Å². The first-order valence-electron chi connectivity index (χ1n) is 9.91. The second kappa shape index (κ2) is 8.56. The topological polar surface area (TPSA) is 20.2 Å². The summed E-state index contributed by atoms with van der Waals surface area (Å²) in [6.45, 7) is 2.28. The van der Waals surface area contributed by atoms with Crippen molar-refractivity contribution in [2.75, 3.05) is 0 Å². The molecule has 21 heavy (non-hydrogen) atoms. The lowest BCUT2D eigenvalue weighted by Crippen LogP contribution is -2.38. The van der Waals surface area contributed by atoms with E-state index in [1.807, 2.05) is 0 Å². The molecule has 2 fully saturated rings. The van der Waals surface area contributed by atoms with Crippen LogP contribution in [0.2, 0.25) is 0 Å². The minimum atomic E-state index is -0.296.